The second-order valence-electron chi connectivity index (χ2n) is 2.39. The lowest BCUT2D eigenvalue weighted by atomic mass is 10.3. The van der Waals surface area contributed by atoms with Gasteiger partial charge in [0.2, 0.25) is 0 Å². The first-order valence-corrected chi connectivity index (χ1v) is 3.45. The molecule has 0 aliphatic carbocycles. The fourth-order valence-electron chi connectivity index (χ4n) is 1.06. The van der Waals surface area contributed by atoms with Crippen LogP contribution in [-0.2, 0) is 0 Å². The number of hydrogen-bond donors (Lipinski definition) is 1. The smallest absolute Gasteiger partial charge is 0.283 e. The number of pyridine rings is 2. The van der Waals surface area contributed by atoms with Crippen LogP contribution in [0.25, 0.3) is 11.0 Å². The first-order valence-electron chi connectivity index (χ1n) is 3.45. The second kappa shape index (κ2) is 2.34. The second-order valence-corrected chi connectivity index (χ2v) is 2.39. The van der Waals surface area contributed by atoms with Crippen LogP contribution in [0, 0.1) is 0 Å². The molecule has 4 heteroatoms. The Labute approximate surface area is 67.7 Å². The van der Waals surface area contributed by atoms with Crippen molar-refractivity contribution in [3.8, 4) is 0 Å². The Hall–Kier alpha value is -1.84. The first kappa shape index (κ1) is 6.84. The number of fused-ring (bicyclic) bond motifs is 1. The molecule has 60 valence electrons. The quantitative estimate of drug-likeness (QED) is 0.578. The summed E-state index contributed by atoms with van der Waals surface area (Å²) in [6, 6.07) is 6.14. The summed E-state index contributed by atoms with van der Waals surface area (Å²) >= 11 is 0. The predicted molar refractivity (Wildman–Crippen MR) is 43.2 cm³/mol. The van der Waals surface area contributed by atoms with Crippen LogP contribution in [0.15, 0.2) is 35.3 Å². The molecule has 12 heavy (non-hydrogen) atoms. The molecule has 0 aromatic carbocycles. The molecule has 2 rings (SSSR count). The van der Waals surface area contributed by atoms with Crippen LogP contribution >= 0.6 is 0 Å². The van der Waals surface area contributed by atoms with Crippen LogP contribution in [0.1, 0.15) is 0 Å². The minimum absolute atomic E-state index is 0.421. The lowest BCUT2D eigenvalue weighted by Gasteiger charge is -1.99. The first-order chi connectivity index (χ1) is 5.79. The van der Waals surface area contributed by atoms with Gasteiger partial charge >= 0.3 is 0 Å². The highest BCUT2D eigenvalue weighted by Gasteiger charge is 1.99. The molecule has 0 bridgehead atoms. The van der Waals surface area contributed by atoms with Gasteiger partial charge in [-0.25, -0.2) is 0 Å². The molecule has 0 aliphatic heterocycles. The maximum Gasteiger partial charge on any atom is 0.283 e. The van der Waals surface area contributed by atoms with Crippen molar-refractivity contribution in [2.45, 2.75) is 0 Å². The van der Waals surface area contributed by atoms with Gasteiger partial charge in [-0.2, -0.15) is 0 Å². The molecule has 4 nitrogen and oxygen atoms in total. The standard InChI is InChI=1S/C8H6N2O2/c11-8-4-3-6-7(10(8)12)2-1-5-9-6/h1-5,12H. The van der Waals surface area contributed by atoms with E-state index in [-0.39, 0.29) is 0 Å². The van der Waals surface area contributed by atoms with Gasteiger partial charge in [-0.1, -0.05) is 0 Å². The normalized spacial score (nSPS) is 10.3. The summed E-state index contributed by atoms with van der Waals surface area (Å²) in [6.45, 7) is 0. The van der Waals surface area contributed by atoms with Crippen molar-refractivity contribution in [3.05, 3.63) is 40.8 Å². The zero-order valence-electron chi connectivity index (χ0n) is 6.14. The lowest BCUT2D eigenvalue weighted by molar-refractivity contribution is 0.188. The molecule has 2 aromatic rings. The molecule has 2 heterocycles. The van der Waals surface area contributed by atoms with Crippen molar-refractivity contribution in [1.82, 2.24) is 9.71 Å². The van der Waals surface area contributed by atoms with Crippen LogP contribution in [-0.4, -0.2) is 14.9 Å². The van der Waals surface area contributed by atoms with E-state index in [9.17, 15) is 10.0 Å². The van der Waals surface area contributed by atoms with E-state index in [1.165, 1.54) is 6.07 Å². The Morgan fingerprint density at radius 2 is 2.17 bits per heavy atom. The third kappa shape index (κ3) is 0.852. The largest absolute Gasteiger partial charge is 0.425 e. The SMILES string of the molecule is O=c1ccc2ncccc2n1O. The molecule has 0 saturated carbocycles. The van der Waals surface area contributed by atoms with Crippen molar-refractivity contribution in [1.29, 1.82) is 0 Å². The highest BCUT2D eigenvalue weighted by Crippen LogP contribution is 2.04. The van der Waals surface area contributed by atoms with Crippen molar-refractivity contribution in [2.24, 2.45) is 0 Å². The molecule has 2 aromatic heterocycles. The van der Waals surface area contributed by atoms with Crippen LogP contribution in [0.3, 0.4) is 0 Å². The summed E-state index contributed by atoms with van der Waals surface area (Å²) in [7, 11) is 0. The Bertz CT molecular complexity index is 476. The zero-order valence-corrected chi connectivity index (χ0v) is 6.14. The third-order valence-electron chi connectivity index (χ3n) is 1.64. The molecular formula is C8H6N2O2. The highest BCUT2D eigenvalue weighted by atomic mass is 16.5. The van der Waals surface area contributed by atoms with E-state index in [1.807, 2.05) is 0 Å². The average molecular weight is 162 g/mol. The summed E-state index contributed by atoms with van der Waals surface area (Å²) in [5, 5.41) is 9.22. The summed E-state index contributed by atoms with van der Waals surface area (Å²) in [6.07, 6.45) is 1.60. The van der Waals surface area contributed by atoms with Crippen LogP contribution in [0.4, 0.5) is 0 Å². The molecule has 0 spiro atoms. The Balaban J connectivity index is 3.01. The Morgan fingerprint density at radius 1 is 1.33 bits per heavy atom. The molecule has 0 unspecified atom stereocenters. The van der Waals surface area contributed by atoms with Crippen LogP contribution < -0.4 is 5.56 Å². The Kier molecular flexibility index (Phi) is 1.33. The van der Waals surface area contributed by atoms with Gasteiger partial charge in [-0.3, -0.25) is 9.78 Å². The minimum Gasteiger partial charge on any atom is -0.425 e. The van der Waals surface area contributed by atoms with Gasteiger partial charge in [0.05, 0.1) is 5.52 Å². The van der Waals surface area contributed by atoms with E-state index in [4.69, 9.17) is 0 Å². The van der Waals surface area contributed by atoms with Gasteiger partial charge < -0.3 is 5.21 Å². The zero-order chi connectivity index (χ0) is 8.55. The molecule has 0 fully saturated rings. The van der Waals surface area contributed by atoms with Gasteiger partial charge in [0, 0.05) is 12.3 Å². The summed E-state index contributed by atoms with van der Waals surface area (Å²) in [5.74, 6) is 0. The molecule has 0 amide bonds. The van der Waals surface area contributed by atoms with Gasteiger partial charge in [-0.15, -0.1) is 4.73 Å². The number of aromatic nitrogens is 2. The molecule has 0 saturated heterocycles. The van der Waals surface area contributed by atoms with Crippen molar-refractivity contribution < 1.29 is 5.21 Å². The number of nitrogens with zero attached hydrogens (tertiary/aromatic N) is 2. The summed E-state index contributed by atoms with van der Waals surface area (Å²) in [4.78, 5) is 14.9. The molecule has 1 N–H and O–H groups in total. The van der Waals surface area contributed by atoms with Gasteiger partial charge in [0.25, 0.3) is 5.56 Å². The highest BCUT2D eigenvalue weighted by molar-refractivity contribution is 5.73. The minimum atomic E-state index is -0.449. The van der Waals surface area contributed by atoms with E-state index in [0.29, 0.717) is 15.8 Å². The van der Waals surface area contributed by atoms with Crippen molar-refractivity contribution in [3.63, 3.8) is 0 Å². The van der Waals surface area contributed by atoms with Crippen molar-refractivity contribution >= 4 is 11.0 Å². The Morgan fingerprint density at radius 3 is 3.00 bits per heavy atom. The summed E-state index contributed by atoms with van der Waals surface area (Å²) in [5.41, 5.74) is 0.570. The van der Waals surface area contributed by atoms with E-state index in [2.05, 4.69) is 4.98 Å². The maximum absolute atomic E-state index is 10.9. The predicted octanol–water partition coefficient (Wildman–Crippen LogP) is 0.634. The van der Waals surface area contributed by atoms with Crippen LogP contribution in [0.2, 0.25) is 0 Å². The third-order valence-corrected chi connectivity index (χ3v) is 1.64. The van der Waals surface area contributed by atoms with Gasteiger partial charge in [-0.05, 0) is 18.2 Å². The average Bonchev–Trinajstić information content (AvgIpc) is 2.12. The summed E-state index contributed by atoms with van der Waals surface area (Å²) < 4.78 is 0.586. The maximum atomic E-state index is 10.9. The molecule has 0 atom stereocenters. The number of hydrogen-bond acceptors (Lipinski definition) is 3. The lowest BCUT2D eigenvalue weighted by Crippen LogP contribution is -2.16. The van der Waals surface area contributed by atoms with E-state index in [1.54, 1.807) is 24.4 Å². The van der Waals surface area contributed by atoms with E-state index >= 15 is 0 Å². The monoisotopic (exact) mass is 162 g/mol. The molecule has 0 radical (unpaired) electrons. The fraction of sp³-hybridized carbons (Fsp3) is 0. The van der Waals surface area contributed by atoms with E-state index in [0.717, 1.165) is 0 Å². The van der Waals surface area contributed by atoms with Gasteiger partial charge in [0.1, 0.15) is 5.52 Å². The number of rotatable bonds is 0. The van der Waals surface area contributed by atoms with E-state index < -0.39 is 5.56 Å². The van der Waals surface area contributed by atoms with Crippen LogP contribution in [0.5, 0.6) is 0 Å². The van der Waals surface area contributed by atoms with Gasteiger partial charge in [0.15, 0.2) is 0 Å². The topological polar surface area (TPSA) is 55.1 Å². The fourth-order valence-corrected chi connectivity index (χ4v) is 1.06. The molecule has 0 aliphatic rings. The molecular weight excluding hydrogens is 156 g/mol. The van der Waals surface area contributed by atoms with Crippen molar-refractivity contribution in [2.75, 3.05) is 0 Å².